The normalized spacial score (nSPS) is 10.4. The summed E-state index contributed by atoms with van der Waals surface area (Å²) in [7, 11) is 0. The number of thiophene rings is 1. The van der Waals surface area contributed by atoms with Crippen molar-refractivity contribution in [3.63, 3.8) is 0 Å². The molecule has 0 saturated heterocycles. The van der Waals surface area contributed by atoms with Gasteiger partial charge in [0, 0.05) is 22.5 Å². The van der Waals surface area contributed by atoms with Crippen LogP contribution in [0.1, 0.15) is 28.5 Å². The van der Waals surface area contributed by atoms with Crippen molar-refractivity contribution in [3.8, 4) is 10.7 Å². The first-order valence-corrected chi connectivity index (χ1v) is 9.40. The Kier molecular flexibility index (Phi) is 5.95. The first kappa shape index (κ1) is 18.8. The molecule has 0 spiro atoms. The van der Waals surface area contributed by atoms with Gasteiger partial charge in [-0.05, 0) is 48.6 Å². The van der Waals surface area contributed by atoms with Crippen molar-refractivity contribution in [3.05, 3.63) is 71.3 Å². The molecule has 3 rings (SSSR count). The van der Waals surface area contributed by atoms with Crippen molar-refractivity contribution in [1.29, 1.82) is 0 Å². The zero-order valence-corrected chi connectivity index (χ0v) is 15.7. The summed E-state index contributed by atoms with van der Waals surface area (Å²) >= 11 is 1.60. The number of amides is 1. The van der Waals surface area contributed by atoms with Gasteiger partial charge in [-0.2, -0.15) is 0 Å². The van der Waals surface area contributed by atoms with Crippen LogP contribution in [-0.4, -0.2) is 21.1 Å². The molecule has 0 atom stereocenters. The Morgan fingerprint density at radius 2 is 2.04 bits per heavy atom. The van der Waals surface area contributed by atoms with Gasteiger partial charge in [0.1, 0.15) is 5.82 Å². The molecule has 0 fully saturated rings. The van der Waals surface area contributed by atoms with Crippen molar-refractivity contribution in [2.24, 2.45) is 0 Å². The van der Waals surface area contributed by atoms with E-state index in [9.17, 15) is 4.79 Å². The number of nitrogens with one attached hydrogen (secondary N) is 2. The molecule has 0 aliphatic heterocycles. The van der Waals surface area contributed by atoms with Gasteiger partial charge >= 0.3 is 0 Å². The minimum Gasteiger partial charge on any atom is -0.340 e. The van der Waals surface area contributed by atoms with E-state index in [1.54, 1.807) is 41.1 Å². The monoisotopic (exact) mass is 380 g/mol. The molecule has 6 nitrogen and oxygen atoms in total. The molecule has 0 bridgehead atoms. The number of carbonyl (C=O) groups is 1. The highest BCUT2D eigenvalue weighted by Gasteiger charge is 2.15. The van der Waals surface area contributed by atoms with E-state index in [4.69, 9.17) is 15.2 Å². The largest absolute Gasteiger partial charge is 0.340 e. The fourth-order valence-corrected chi connectivity index (χ4v) is 3.36. The lowest BCUT2D eigenvalue weighted by Gasteiger charge is -2.15. The molecule has 1 amide bonds. The van der Waals surface area contributed by atoms with E-state index in [0.717, 1.165) is 34.1 Å². The Hall–Kier alpha value is -3.03. The molecule has 3 aromatic rings. The molecule has 0 aliphatic rings. The fraction of sp³-hybridized carbons (Fsp3) is 0.150. The lowest BCUT2D eigenvalue weighted by molar-refractivity contribution is 0.0706. The lowest BCUT2D eigenvalue weighted by atomic mass is 10.1. The molecule has 3 N–H and O–H groups in total. The number of anilines is 2. The Labute approximate surface area is 161 Å². The summed E-state index contributed by atoms with van der Waals surface area (Å²) in [6, 6.07) is 10.8. The standard InChI is InChI=1S/C20H20N4O2S/c1-3-6-15-16(4-2)22-19(17-7-5-12-27-17)23-18(15)21-14-10-8-13(9-11-14)20(25)24-26/h3,5,7-12,26H,1,4,6H2,2H3,(H,24,25)(H,21,22,23). The number of aromatic nitrogens is 2. The van der Waals surface area contributed by atoms with E-state index in [1.807, 2.05) is 23.6 Å². The maximum absolute atomic E-state index is 11.5. The Bertz CT molecular complexity index is 937. The number of hydrogen-bond donors (Lipinski definition) is 3. The summed E-state index contributed by atoms with van der Waals surface area (Å²) in [4.78, 5) is 21.9. The third-order valence-corrected chi connectivity index (χ3v) is 4.89. The third kappa shape index (κ3) is 4.21. The third-order valence-electron chi connectivity index (χ3n) is 4.03. The first-order chi connectivity index (χ1) is 13.2. The highest BCUT2D eigenvalue weighted by Crippen LogP contribution is 2.28. The van der Waals surface area contributed by atoms with Gasteiger partial charge in [-0.1, -0.05) is 19.1 Å². The number of hydroxylamine groups is 1. The van der Waals surface area contributed by atoms with E-state index in [1.165, 1.54) is 0 Å². The van der Waals surface area contributed by atoms with Crippen LogP contribution in [0.4, 0.5) is 11.5 Å². The predicted octanol–water partition coefficient (Wildman–Crippen LogP) is 4.36. The van der Waals surface area contributed by atoms with Crippen LogP contribution in [0.3, 0.4) is 0 Å². The van der Waals surface area contributed by atoms with Crippen molar-refractivity contribution in [2.75, 3.05) is 5.32 Å². The number of allylic oxidation sites excluding steroid dienone is 1. The number of carbonyl (C=O) groups excluding carboxylic acids is 1. The summed E-state index contributed by atoms with van der Waals surface area (Å²) in [5.41, 5.74) is 4.76. The highest BCUT2D eigenvalue weighted by atomic mass is 32.1. The molecule has 0 saturated carbocycles. The van der Waals surface area contributed by atoms with Crippen molar-refractivity contribution < 1.29 is 10.0 Å². The molecule has 138 valence electrons. The molecule has 7 heteroatoms. The van der Waals surface area contributed by atoms with Crippen molar-refractivity contribution in [1.82, 2.24) is 15.4 Å². The average Bonchev–Trinajstić information content (AvgIpc) is 3.24. The Morgan fingerprint density at radius 3 is 2.63 bits per heavy atom. The van der Waals surface area contributed by atoms with Crippen LogP contribution in [0.5, 0.6) is 0 Å². The van der Waals surface area contributed by atoms with Gasteiger partial charge in [-0.15, -0.1) is 17.9 Å². The van der Waals surface area contributed by atoms with Gasteiger partial charge in [0.05, 0.1) is 4.88 Å². The zero-order chi connectivity index (χ0) is 19.2. The predicted molar refractivity (Wildman–Crippen MR) is 108 cm³/mol. The van der Waals surface area contributed by atoms with Crippen molar-refractivity contribution in [2.45, 2.75) is 19.8 Å². The van der Waals surface area contributed by atoms with Gasteiger partial charge in [0.2, 0.25) is 0 Å². The maximum Gasteiger partial charge on any atom is 0.274 e. The smallest absolute Gasteiger partial charge is 0.274 e. The number of rotatable bonds is 7. The number of hydrogen-bond acceptors (Lipinski definition) is 6. The second-order valence-corrected chi connectivity index (χ2v) is 6.74. The quantitative estimate of drug-likeness (QED) is 0.322. The maximum atomic E-state index is 11.5. The minimum atomic E-state index is -0.552. The van der Waals surface area contributed by atoms with E-state index >= 15 is 0 Å². The summed E-state index contributed by atoms with van der Waals surface area (Å²) in [6.45, 7) is 5.91. The minimum absolute atomic E-state index is 0.366. The molecule has 0 unspecified atom stereocenters. The fourth-order valence-electron chi connectivity index (χ4n) is 2.71. The molecule has 2 aromatic heterocycles. The number of aryl methyl sites for hydroxylation is 1. The van der Waals surface area contributed by atoms with Crippen molar-refractivity contribution >= 4 is 28.7 Å². The molecular formula is C20H20N4O2S. The lowest BCUT2D eigenvalue weighted by Crippen LogP contribution is -2.18. The van der Waals surface area contributed by atoms with Crippen LogP contribution in [0, 0.1) is 0 Å². The summed E-state index contributed by atoms with van der Waals surface area (Å²) in [5.74, 6) is 0.863. The number of nitrogens with zero attached hydrogens (tertiary/aromatic N) is 2. The summed E-state index contributed by atoms with van der Waals surface area (Å²) < 4.78 is 0. The van der Waals surface area contributed by atoms with Crippen LogP contribution in [0.25, 0.3) is 10.7 Å². The van der Waals surface area contributed by atoms with E-state index in [2.05, 4.69) is 18.8 Å². The van der Waals surface area contributed by atoms with E-state index in [-0.39, 0.29) is 0 Å². The average molecular weight is 380 g/mol. The summed E-state index contributed by atoms with van der Waals surface area (Å²) in [6.07, 6.45) is 3.28. The van der Waals surface area contributed by atoms with Crippen LogP contribution in [0.15, 0.2) is 54.4 Å². The second-order valence-electron chi connectivity index (χ2n) is 5.79. The Balaban J connectivity index is 2.00. The molecule has 0 radical (unpaired) electrons. The molecular weight excluding hydrogens is 360 g/mol. The van der Waals surface area contributed by atoms with Gasteiger partial charge in [-0.3, -0.25) is 10.0 Å². The molecule has 27 heavy (non-hydrogen) atoms. The summed E-state index contributed by atoms with van der Waals surface area (Å²) in [5, 5.41) is 14.1. The molecule has 1 aromatic carbocycles. The zero-order valence-electron chi connectivity index (χ0n) is 14.9. The van der Waals surface area contributed by atoms with Gasteiger partial charge in [0.15, 0.2) is 5.82 Å². The highest BCUT2D eigenvalue weighted by molar-refractivity contribution is 7.13. The van der Waals surface area contributed by atoms with Gasteiger partial charge in [-0.25, -0.2) is 15.4 Å². The van der Waals surface area contributed by atoms with Gasteiger partial charge < -0.3 is 5.32 Å². The second kappa shape index (κ2) is 8.57. The van der Waals surface area contributed by atoms with Crippen LogP contribution in [-0.2, 0) is 12.8 Å². The molecule has 2 heterocycles. The van der Waals surface area contributed by atoms with E-state index < -0.39 is 5.91 Å². The SMILES string of the molecule is C=CCc1c(CC)nc(-c2cccs2)nc1Nc1ccc(C(=O)NO)cc1. The first-order valence-electron chi connectivity index (χ1n) is 8.52. The number of benzene rings is 1. The van der Waals surface area contributed by atoms with Crippen LogP contribution in [0.2, 0.25) is 0 Å². The van der Waals surface area contributed by atoms with Crippen LogP contribution < -0.4 is 10.8 Å². The Morgan fingerprint density at radius 1 is 1.26 bits per heavy atom. The topological polar surface area (TPSA) is 87.1 Å². The molecule has 0 aliphatic carbocycles. The van der Waals surface area contributed by atoms with E-state index in [0.29, 0.717) is 17.8 Å². The van der Waals surface area contributed by atoms with Gasteiger partial charge in [0.25, 0.3) is 5.91 Å². The van der Waals surface area contributed by atoms with Crippen LogP contribution >= 0.6 is 11.3 Å².